The van der Waals surface area contributed by atoms with Gasteiger partial charge in [0.2, 0.25) is 0 Å². The molecule has 0 aliphatic rings. The van der Waals surface area contributed by atoms with Gasteiger partial charge in [-0.05, 0) is 65.4 Å². The molecule has 2 N–H and O–H groups in total. The second kappa shape index (κ2) is 8.31. The van der Waals surface area contributed by atoms with Gasteiger partial charge in [0.1, 0.15) is 0 Å². The number of rotatable bonds is 5. The highest BCUT2D eigenvalue weighted by Crippen LogP contribution is 2.18. The van der Waals surface area contributed by atoms with Crippen molar-refractivity contribution in [3.05, 3.63) is 67.7 Å². The Kier molecular flexibility index (Phi) is 6.41. The van der Waals surface area contributed by atoms with Crippen LogP contribution in [0.25, 0.3) is 0 Å². The molecule has 0 saturated carbocycles. The molecule has 0 bridgehead atoms. The molecular weight excluding hydrogens is 427 g/mol. The van der Waals surface area contributed by atoms with E-state index in [0.29, 0.717) is 29.2 Å². The minimum Gasteiger partial charge on any atom is -0.352 e. The average molecular weight is 443 g/mol. The highest BCUT2D eigenvalue weighted by Gasteiger charge is 2.10. The molecule has 23 heavy (non-hydrogen) atoms. The lowest BCUT2D eigenvalue weighted by atomic mass is 10.1. The molecule has 0 spiro atoms. The summed E-state index contributed by atoms with van der Waals surface area (Å²) in [4.78, 5) is 24.1. The number of amides is 2. The van der Waals surface area contributed by atoms with Crippen LogP contribution in [0.4, 0.5) is 0 Å². The van der Waals surface area contributed by atoms with Gasteiger partial charge in [0.05, 0.1) is 5.56 Å². The molecule has 0 heterocycles. The van der Waals surface area contributed by atoms with Crippen LogP contribution in [0.2, 0.25) is 5.02 Å². The van der Waals surface area contributed by atoms with Crippen molar-refractivity contribution in [3.63, 3.8) is 0 Å². The van der Waals surface area contributed by atoms with Gasteiger partial charge in [-0.3, -0.25) is 9.59 Å². The SMILES string of the molecule is CCNC(=O)c1cccc(CNC(=O)c2ccc(Cl)cc2I)c1. The van der Waals surface area contributed by atoms with Gasteiger partial charge in [-0.25, -0.2) is 0 Å². The zero-order valence-corrected chi connectivity index (χ0v) is 15.4. The summed E-state index contributed by atoms with van der Waals surface area (Å²) < 4.78 is 0.795. The van der Waals surface area contributed by atoms with E-state index in [-0.39, 0.29) is 11.8 Å². The molecule has 2 aromatic carbocycles. The zero-order chi connectivity index (χ0) is 16.8. The second-order valence-corrected chi connectivity index (χ2v) is 6.47. The second-order valence-electron chi connectivity index (χ2n) is 4.87. The predicted molar refractivity (Wildman–Crippen MR) is 99.8 cm³/mol. The van der Waals surface area contributed by atoms with Crippen molar-refractivity contribution in [3.8, 4) is 0 Å². The number of hydrogen-bond donors (Lipinski definition) is 2. The quantitative estimate of drug-likeness (QED) is 0.695. The summed E-state index contributed by atoms with van der Waals surface area (Å²) in [5, 5.41) is 6.21. The Labute approximate surface area is 153 Å². The standard InChI is InChI=1S/C17H16ClIN2O2/c1-2-20-16(22)12-5-3-4-11(8-12)10-21-17(23)14-7-6-13(18)9-15(14)19/h3-9H,2,10H2,1H3,(H,20,22)(H,21,23). The van der Waals surface area contributed by atoms with Crippen molar-refractivity contribution in [1.82, 2.24) is 10.6 Å². The summed E-state index contributed by atoms with van der Waals surface area (Å²) in [7, 11) is 0. The lowest BCUT2D eigenvalue weighted by molar-refractivity contribution is 0.0946. The van der Waals surface area contributed by atoms with E-state index in [2.05, 4.69) is 33.2 Å². The Hall–Kier alpha value is -1.60. The van der Waals surface area contributed by atoms with E-state index in [1.807, 2.05) is 13.0 Å². The third-order valence-corrected chi connectivity index (χ3v) is 4.28. The van der Waals surface area contributed by atoms with Crippen molar-refractivity contribution in [2.24, 2.45) is 0 Å². The maximum Gasteiger partial charge on any atom is 0.252 e. The third kappa shape index (κ3) is 4.94. The number of nitrogens with one attached hydrogen (secondary N) is 2. The first kappa shape index (κ1) is 17.7. The lowest BCUT2D eigenvalue weighted by Gasteiger charge is -2.09. The van der Waals surface area contributed by atoms with E-state index in [1.165, 1.54) is 0 Å². The Bertz CT molecular complexity index is 734. The topological polar surface area (TPSA) is 58.2 Å². The Morgan fingerprint density at radius 1 is 1.09 bits per heavy atom. The summed E-state index contributed by atoms with van der Waals surface area (Å²) in [6, 6.07) is 12.3. The smallest absolute Gasteiger partial charge is 0.252 e. The maximum absolute atomic E-state index is 12.2. The Morgan fingerprint density at radius 3 is 2.57 bits per heavy atom. The molecule has 6 heteroatoms. The van der Waals surface area contributed by atoms with Crippen molar-refractivity contribution in [1.29, 1.82) is 0 Å². The van der Waals surface area contributed by atoms with Crippen LogP contribution in [0.1, 0.15) is 33.2 Å². The first-order chi connectivity index (χ1) is 11.0. The van der Waals surface area contributed by atoms with Gasteiger partial charge in [0.15, 0.2) is 0 Å². The van der Waals surface area contributed by atoms with E-state index in [9.17, 15) is 9.59 Å². The van der Waals surface area contributed by atoms with Gasteiger partial charge in [0.25, 0.3) is 11.8 Å². The molecule has 0 atom stereocenters. The monoisotopic (exact) mass is 442 g/mol. The molecule has 0 aromatic heterocycles. The van der Waals surface area contributed by atoms with Gasteiger partial charge in [-0.1, -0.05) is 23.7 Å². The van der Waals surface area contributed by atoms with Gasteiger partial charge >= 0.3 is 0 Å². The van der Waals surface area contributed by atoms with Crippen LogP contribution in [0.15, 0.2) is 42.5 Å². The number of halogens is 2. The maximum atomic E-state index is 12.2. The minimum atomic E-state index is -0.172. The lowest BCUT2D eigenvalue weighted by Crippen LogP contribution is -2.25. The summed E-state index contributed by atoms with van der Waals surface area (Å²) in [6.07, 6.45) is 0. The fourth-order valence-electron chi connectivity index (χ4n) is 2.04. The Morgan fingerprint density at radius 2 is 1.87 bits per heavy atom. The molecule has 0 aliphatic heterocycles. The molecule has 2 amide bonds. The summed E-state index contributed by atoms with van der Waals surface area (Å²) >= 11 is 7.97. The fourth-order valence-corrected chi connectivity index (χ4v) is 3.15. The van der Waals surface area contributed by atoms with Crippen LogP contribution in [-0.2, 0) is 6.54 Å². The Balaban J connectivity index is 2.04. The van der Waals surface area contributed by atoms with Gasteiger partial charge in [0, 0.05) is 27.2 Å². The van der Waals surface area contributed by atoms with E-state index in [0.717, 1.165) is 9.13 Å². The fraction of sp³-hybridized carbons (Fsp3) is 0.176. The molecule has 120 valence electrons. The molecule has 0 unspecified atom stereocenters. The highest BCUT2D eigenvalue weighted by atomic mass is 127. The molecule has 0 radical (unpaired) electrons. The molecule has 0 fully saturated rings. The van der Waals surface area contributed by atoms with Crippen LogP contribution in [0.3, 0.4) is 0 Å². The van der Waals surface area contributed by atoms with Crippen LogP contribution in [-0.4, -0.2) is 18.4 Å². The molecule has 0 aliphatic carbocycles. The zero-order valence-electron chi connectivity index (χ0n) is 12.5. The largest absolute Gasteiger partial charge is 0.352 e. The molecule has 4 nitrogen and oxygen atoms in total. The van der Waals surface area contributed by atoms with Crippen LogP contribution in [0, 0.1) is 3.57 Å². The van der Waals surface area contributed by atoms with Gasteiger partial charge < -0.3 is 10.6 Å². The number of benzene rings is 2. The number of hydrogen-bond acceptors (Lipinski definition) is 2. The van der Waals surface area contributed by atoms with Gasteiger partial charge in [-0.2, -0.15) is 0 Å². The van der Waals surface area contributed by atoms with Crippen molar-refractivity contribution >= 4 is 46.0 Å². The minimum absolute atomic E-state index is 0.118. The normalized spacial score (nSPS) is 10.2. The van der Waals surface area contributed by atoms with Crippen LogP contribution >= 0.6 is 34.2 Å². The summed E-state index contributed by atoms with van der Waals surface area (Å²) in [6.45, 7) is 2.80. The van der Waals surface area contributed by atoms with E-state index < -0.39 is 0 Å². The van der Waals surface area contributed by atoms with E-state index in [1.54, 1.807) is 36.4 Å². The predicted octanol–water partition coefficient (Wildman–Crippen LogP) is 3.62. The van der Waals surface area contributed by atoms with Crippen molar-refractivity contribution in [2.75, 3.05) is 6.54 Å². The number of carbonyl (C=O) groups excluding carboxylic acids is 2. The van der Waals surface area contributed by atoms with Gasteiger partial charge in [-0.15, -0.1) is 0 Å². The van der Waals surface area contributed by atoms with E-state index in [4.69, 9.17) is 11.6 Å². The molecule has 2 rings (SSSR count). The van der Waals surface area contributed by atoms with Crippen molar-refractivity contribution < 1.29 is 9.59 Å². The first-order valence-corrected chi connectivity index (χ1v) is 8.57. The highest BCUT2D eigenvalue weighted by molar-refractivity contribution is 14.1. The molecule has 0 saturated heterocycles. The first-order valence-electron chi connectivity index (χ1n) is 7.11. The van der Waals surface area contributed by atoms with E-state index >= 15 is 0 Å². The van der Waals surface area contributed by atoms with Crippen LogP contribution in [0.5, 0.6) is 0 Å². The average Bonchev–Trinajstić information content (AvgIpc) is 2.53. The van der Waals surface area contributed by atoms with Crippen molar-refractivity contribution in [2.45, 2.75) is 13.5 Å². The molecule has 2 aromatic rings. The summed E-state index contributed by atoms with van der Waals surface area (Å²) in [5.74, 6) is -0.289. The third-order valence-electron chi connectivity index (χ3n) is 3.16. The number of carbonyl (C=O) groups is 2. The van der Waals surface area contributed by atoms with Crippen LogP contribution < -0.4 is 10.6 Å². The summed E-state index contributed by atoms with van der Waals surface area (Å²) in [5.41, 5.74) is 2.03. The molecular formula is C17H16ClIN2O2.